The number of benzene rings is 1. The van der Waals surface area contributed by atoms with Crippen LogP contribution in [-0.4, -0.2) is 14.2 Å². The lowest BCUT2D eigenvalue weighted by Crippen LogP contribution is -1.98. The van der Waals surface area contributed by atoms with Gasteiger partial charge in [0.15, 0.2) is 0 Å². The molecule has 1 aromatic carbocycles. The van der Waals surface area contributed by atoms with Crippen LogP contribution in [0, 0.1) is 20.8 Å². The molecule has 1 rings (SSSR count). The number of methoxy groups -OCH3 is 2. The van der Waals surface area contributed by atoms with Gasteiger partial charge in [0.1, 0.15) is 11.5 Å². The van der Waals surface area contributed by atoms with Crippen LogP contribution in [0.4, 0.5) is 0 Å². The van der Waals surface area contributed by atoms with E-state index in [4.69, 9.17) is 21.1 Å². The van der Waals surface area contributed by atoms with Gasteiger partial charge in [0.05, 0.1) is 19.2 Å². The molecule has 0 saturated heterocycles. The SMILES string of the molecule is COc1c(C)c(C)c(OC)c(Cl)c1C. The normalized spacial score (nSPS) is 10.1. The minimum absolute atomic E-state index is 0.632. The van der Waals surface area contributed by atoms with Gasteiger partial charge in [-0.3, -0.25) is 0 Å². The van der Waals surface area contributed by atoms with Crippen molar-refractivity contribution in [1.29, 1.82) is 0 Å². The molecule has 0 atom stereocenters. The van der Waals surface area contributed by atoms with Gasteiger partial charge in [0.2, 0.25) is 0 Å². The number of halogens is 1. The Morgan fingerprint density at radius 2 is 1.21 bits per heavy atom. The van der Waals surface area contributed by atoms with Crippen LogP contribution in [0.2, 0.25) is 5.02 Å². The van der Waals surface area contributed by atoms with Gasteiger partial charge in [-0.2, -0.15) is 0 Å². The first-order chi connectivity index (χ1) is 6.54. The van der Waals surface area contributed by atoms with Crippen LogP contribution in [0.5, 0.6) is 11.5 Å². The highest BCUT2D eigenvalue weighted by Gasteiger charge is 2.16. The van der Waals surface area contributed by atoms with Gasteiger partial charge in [0, 0.05) is 5.56 Å². The molecule has 0 N–H and O–H groups in total. The molecule has 2 nitrogen and oxygen atoms in total. The molecule has 0 aliphatic rings. The van der Waals surface area contributed by atoms with E-state index in [9.17, 15) is 0 Å². The first kappa shape index (κ1) is 11.2. The van der Waals surface area contributed by atoms with Gasteiger partial charge < -0.3 is 9.47 Å². The molecule has 0 radical (unpaired) electrons. The molecule has 0 heterocycles. The summed E-state index contributed by atoms with van der Waals surface area (Å²) in [5, 5.41) is 0.632. The molecule has 0 amide bonds. The van der Waals surface area contributed by atoms with Crippen LogP contribution in [0.25, 0.3) is 0 Å². The highest BCUT2D eigenvalue weighted by atomic mass is 35.5. The summed E-state index contributed by atoms with van der Waals surface area (Å²) in [5.74, 6) is 1.58. The first-order valence-electron chi connectivity index (χ1n) is 4.41. The van der Waals surface area contributed by atoms with E-state index >= 15 is 0 Å². The van der Waals surface area contributed by atoms with Crippen molar-refractivity contribution in [2.75, 3.05) is 14.2 Å². The quantitative estimate of drug-likeness (QED) is 0.752. The number of hydrogen-bond acceptors (Lipinski definition) is 2. The molecule has 0 bridgehead atoms. The van der Waals surface area contributed by atoms with Crippen LogP contribution >= 0.6 is 11.6 Å². The zero-order valence-corrected chi connectivity index (χ0v) is 9.95. The fourth-order valence-electron chi connectivity index (χ4n) is 1.61. The fourth-order valence-corrected chi connectivity index (χ4v) is 1.91. The molecule has 0 aliphatic heterocycles. The number of hydrogen-bond donors (Lipinski definition) is 0. The fraction of sp³-hybridized carbons (Fsp3) is 0.455. The molecule has 3 heteroatoms. The van der Waals surface area contributed by atoms with Crippen LogP contribution < -0.4 is 9.47 Å². The Hall–Kier alpha value is -0.890. The van der Waals surface area contributed by atoms with Crippen molar-refractivity contribution >= 4 is 11.6 Å². The zero-order valence-electron chi connectivity index (χ0n) is 9.19. The molecule has 14 heavy (non-hydrogen) atoms. The average Bonchev–Trinajstić information content (AvgIpc) is 2.17. The predicted octanol–water partition coefficient (Wildman–Crippen LogP) is 3.28. The lowest BCUT2D eigenvalue weighted by atomic mass is 10.0. The van der Waals surface area contributed by atoms with Gasteiger partial charge in [-0.1, -0.05) is 11.6 Å². The number of ether oxygens (including phenoxy) is 2. The van der Waals surface area contributed by atoms with E-state index in [0.29, 0.717) is 5.02 Å². The Morgan fingerprint density at radius 1 is 0.786 bits per heavy atom. The van der Waals surface area contributed by atoms with Crippen LogP contribution in [0.3, 0.4) is 0 Å². The minimum atomic E-state index is 0.632. The molecule has 78 valence electrons. The molecule has 0 spiro atoms. The van der Waals surface area contributed by atoms with Gasteiger partial charge >= 0.3 is 0 Å². The summed E-state index contributed by atoms with van der Waals surface area (Å²) >= 11 is 6.15. The second kappa shape index (κ2) is 4.09. The van der Waals surface area contributed by atoms with Crippen LogP contribution in [0.15, 0.2) is 0 Å². The van der Waals surface area contributed by atoms with Crippen molar-refractivity contribution in [2.45, 2.75) is 20.8 Å². The third kappa shape index (κ3) is 1.55. The summed E-state index contributed by atoms with van der Waals surface area (Å²) < 4.78 is 10.5. The van der Waals surface area contributed by atoms with Crippen LogP contribution in [0.1, 0.15) is 16.7 Å². The topological polar surface area (TPSA) is 18.5 Å². The molecular formula is C11H15ClO2. The lowest BCUT2D eigenvalue weighted by Gasteiger charge is -2.16. The van der Waals surface area contributed by atoms with Crippen molar-refractivity contribution < 1.29 is 9.47 Å². The Kier molecular flexibility index (Phi) is 3.27. The first-order valence-corrected chi connectivity index (χ1v) is 4.79. The van der Waals surface area contributed by atoms with Gasteiger partial charge in [-0.25, -0.2) is 0 Å². The summed E-state index contributed by atoms with van der Waals surface area (Å²) in [7, 11) is 3.27. The Labute approximate surface area is 89.8 Å². The van der Waals surface area contributed by atoms with E-state index in [1.165, 1.54) is 0 Å². The average molecular weight is 215 g/mol. The van der Waals surface area contributed by atoms with E-state index < -0.39 is 0 Å². The maximum atomic E-state index is 6.15. The Balaban J connectivity index is 3.55. The summed E-state index contributed by atoms with van der Waals surface area (Å²) in [4.78, 5) is 0. The Bertz CT molecular complexity index is 295. The van der Waals surface area contributed by atoms with Gasteiger partial charge in [0.25, 0.3) is 0 Å². The second-order valence-corrected chi connectivity index (χ2v) is 3.63. The van der Waals surface area contributed by atoms with E-state index in [1.54, 1.807) is 14.2 Å². The molecular weight excluding hydrogens is 200 g/mol. The zero-order chi connectivity index (χ0) is 10.9. The van der Waals surface area contributed by atoms with Gasteiger partial charge in [-0.15, -0.1) is 0 Å². The highest BCUT2D eigenvalue weighted by molar-refractivity contribution is 6.33. The standard InChI is InChI=1S/C11H15ClO2/c1-6-7(2)11(14-5)9(12)8(3)10(6)13-4/h1-5H3. The van der Waals surface area contributed by atoms with Crippen molar-refractivity contribution in [2.24, 2.45) is 0 Å². The van der Waals surface area contributed by atoms with Crippen molar-refractivity contribution in [1.82, 2.24) is 0 Å². The van der Waals surface area contributed by atoms with Crippen molar-refractivity contribution in [3.63, 3.8) is 0 Å². The molecule has 1 aromatic rings. The lowest BCUT2D eigenvalue weighted by molar-refractivity contribution is 0.395. The molecule has 0 aromatic heterocycles. The smallest absolute Gasteiger partial charge is 0.141 e. The van der Waals surface area contributed by atoms with Crippen molar-refractivity contribution in [3.8, 4) is 11.5 Å². The molecule has 0 saturated carbocycles. The molecule has 0 aliphatic carbocycles. The Morgan fingerprint density at radius 3 is 1.64 bits per heavy atom. The summed E-state index contributed by atoms with van der Waals surface area (Å²) in [5.41, 5.74) is 3.03. The van der Waals surface area contributed by atoms with Crippen molar-refractivity contribution in [3.05, 3.63) is 21.7 Å². The van der Waals surface area contributed by atoms with E-state index in [-0.39, 0.29) is 0 Å². The molecule has 0 unspecified atom stereocenters. The minimum Gasteiger partial charge on any atom is -0.496 e. The summed E-state index contributed by atoms with van der Waals surface area (Å²) in [6, 6.07) is 0. The third-order valence-electron chi connectivity index (χ3n) is 2.52. The van der Waals surface area contributed by atoms with Crippen LogP contribution in [-0.2, 0) is 0 Å². The number of rotatable bonds is 2. The monoisotopic (exact) mass is 214 g/mol. The predicted molar refractivity (Wildman–Crippen MR) is 58.8 cm³/mol. The van der Waals surface area contributed by atoms with E-state index in [1.807, 2.05) is 20.8 Å². The maximum Gasteiger partial charge on any atom is 0.141 e. The largest absolute Gasteiger partial charge is 0.496 e. The third-order valence-corrected chi connectivity index (χ3v) is 2.98. The highest BCUT2D eigenvalue weighted by Crippen LogP contribution is 2.40. The maximum absolute atomic E-state index is 6.15. The van der Waals surface area contributed by atoms with Gasteiger partial charge in [-0.05, 0) is 31.9 Å². The summed E-state index contributed by atoms with van der Waals surface area (Å²) in [6.45, 7) is 5.90. The van der Waals surface area contributed by atoms with E-state index in [2.05, 4.69) is 0 Å². The summed E-state index contributed by atoms with van der Waals surface area (Å²) in [6.07, 6.45) is 0. The molecule has 0 fully saturated rings. The van der Waals surface area contributed by atoms with E-state index in [0.717, 1.165) is 28.2 Å². The second-order valence-electron chi connectivity index (χ2n) is 3.26.